The molecule has 2 rings (SSSR count). The van der Waals surface area contributed by atoms with Gasteiger partial charge in [-0.25, -0.2) is 0 Å². The molecule has 1 fully saturated rings. The maximum absolute atomic E-state index is 12.7. The van der Waals surface area contributed by atoms with Crippen LogP contribution in [0.5, 0.6) is 5.75 Å². The van der Waals surface area contributed by atoms with Crippen LogP contribution >= 0.6 is 0 Å². The van der Waals surface area contributed by atoms with Gasteiger partial charge in [-0.2, -0.15) is 0 Å². The number of methoxy groups -OCH3 is 1. The van der Waals surface area contributed by atoms with Crippen molar-refractivity contribution in [1.29, 1.82) is 0 Å². The molecule has 1 aromatic rings. The third-order valence-electron chi connectivity index (χ3n) is 4.55. The maximum atomic E-state index is 12.7. The minimum absolute atomic E-state index is 0.124. The molecule has 7 nitrogen and oxygen atoms in total. The molecule has 1 aliphatic heterocycles. The summed E-state index contributed by atoms with van der Waals surface area (Å²) in [6.45, 7) is 4.43. The first-order valence-electron chi connectivity index (χ1n) is 8.22. The first-order valence-corrected chi connectivity index (χ1v) is 8.22. The number of H-pyrrole nitrogens is 1. The van der Waals surface area contributed by atoms with E-state index >= 15 is 0 Å². The van der Waals surface area contributed by atoms with E-state index in [1.165, 1.54) is 24.3 Å². The number of carbonyl (C=O) groups excluding carboxylic acids is 1. The van der Waals surface area contributed by atoms with E-state index in [0.29, 0.717) is 25.8 Å². The summed E-state index contributed by atoms with van der Waals surface area (Å²) in [7, 11) is 1.38. The van der Waals surface area contributed by atoms with Crippen molar-refractivity contribution in [3.63, 3.8) is 0 Å². The number of nitrogens with one attached hydrogen (secondary N) is 1. The summed E-state index contributed by atoms with van der Waals surface area (Å²) in [5.41, 5.74) is -0.203. The highest BCUT2D eigenvalue weighted by molar-refractivity contribution is 5.93. The number of carbonyl (C=O) groups is 2. The summed E-state index contributed by atoms with van der Waals surface area (Å²) in [6.07, 6.45) is 4.75. The number of nitrogens with zero attached hydrogens (tertiary/aromatic N) is 1. The molecular weight excluding hydrogens is 324 g/mol. The van der Waals surface area contributed by atoms with Crippen molar-refractivity contribution in [2.75, 3.05) is 20.2 Å². The standard InChI is InChI=1S/C18H24N2O5/c1-12(2)5-7-18(17(23)24)6-4-8-20(11-18)16(22)13-9-14(21)15(25-3)10-19-13/h5,9-10H,4,6-8,11H2,1-3H3,(H,19,21)(H,23,24). The smallest absolute Gasteiger partial charge is 0.311 e. The zero-order chi connectivity index (χ0) is 18.6. The molecule has 1 amide bonds. The average Bonchev–Trinajstić information content (AvgIpc) is 2.59. The molecule has 136 valence electrons. The molecule has 1 atom stereocenters. The molecule has 0 saturated carbocycles. The van der Waals surface area contributed by atoms with E-state index in [1.807, 2.05) is 19.9 Å². The molecule has 1 unspecified atom stereocenters. The fourth-order valence-electron chi connectivity index (χ4n) is 3.04. The molecule has 1 aromatic heterocycles. The number of carboxylic acid groups (broad SMARTS) is 1. The first-order chi connectivity index (χ1) is 11.8. The van der Waals surface area contributed by atoms with Crippen LogP contribution in [0, 0.1) is 5.41 Å². The van der Waals surface area contributed by atoms with Gasteiger partial charge < -0.3 is 19.7 Å². The average molecular weight is 348 g/mol. The molecule has 0 aromatic carbocycles. The van der Waals surface area contributed by atoms with Gasteiger partial charge in [0.2, 0.25) is 5.43 Å². The number of hydrogen-bond acceptors (Lipinski definition) is 4. The molecule has 0 aliphatic carbocycles. The summed E-state index contributed by atoms with van der Waals surface area (Å²) in [5.74, 6) is -1.15. The second kappa shape index (κ2) is 7.55. The Kier molecular flexibility index (Phi) is 5.66. The minimum Gasteiger partial charge on any atom is -0.491 e. The second-order valence-electron chi connectivity index (χ2n) is 6.68. The number of likely N-dealkylation sites (tertiary alicyclic amines) is 1. The Hall–Kier alpha value is -2.57. The zero-order valence-corrected chi connectivity index (χ0v) is 14.8. The van der Waals surface area contributed by atoms with Crippen molar-refractivity contribution < 1.29 is 19.4 Å². The molecular formula is C18H24N2O5. The number of pyridine rings is 1. The van der Waals surface area contributed by atoms with Crippen LogP contribution in [-0.4, -0.2) is 47.1 Å². The third kappa shape index (κ3) is 4.10. The molecule has 2 N–H and O–H groups in total. The van der Waals surface area contributed by atoms with E-state index in [9.17, 15) is 19.5 Å². The Balaban J connectivity index is 2.25. The van der Waals surface area contributed by atoms with Crippen LogP contribution in [0.15, 0.2) is 28.7 Å². The van der Waals surface area contributed by atoms with Crippen LogP contribution in [0.1, 0.15) is 43.6 Å². The van der Waals surface area contributed by atoms with Gasteiger partial charge in [-0.1, -0.05) is 11.6 Å². The molecule has 7 heteroatoms. The molecule has 0 spiro atoms. The van der Waals surface area contributed by atoms with Gasteiger partial charge in [-0.3, -0.25) is 14.4 Å². The molecule has 1 aliphatic rings. The number of amides is 1. The highest BCUT2D eigenvalue weighted by Gasteiger charge is 2.43. The minimum atomic E-state index is -0.988. The fourth-order valence-corrected chi connectivity index (χ4v) is 3.04. The Morgan fingerprint density at radius 3 is 2.72 bits per heavy atom. The van der Waals surface area contributed by atoms with Crippen molar-refractivity contribution in [1.82, 2.24) is 9.88 Å². The van der Waals surface area contributed by atoms with E-state index in [0.717, 1.165) is 5.57 Å². The van der Waals surface area contributed by atoms with Crippen molar-refractivity contribution >= 4 is 11.9 Å². The molecule has 0 radical (unpaired) electrons. The monoisotopic (exact) mass is 348 g/mol. The lowest BCUT2D eigenvalue weighted by molar-refractivity contribution is -0.151. The summed E-state index contributed by atoms with van der Waals surface area (Å²) in [4.78, 5) is 40.7. The van der Waals surface area contributed by atoms with E-state index in [4.69, 9.17) is 4.74 Å². The number of hydrogen-bond donors (Lipinski definition) is 2. The van der Waals surface area contributed by atoms with Crippen molar-refractivity contribution in [3.05, 3.63) is 39.8 Å². The predicted molar refractivity (Wildman–Crippen MR) is 92.9 cm³/mol. The number of ether oxygens (including phenoxy) is 1. The quantitative estimate of drug-likeness (QED) is 0.793. The van der Waals surface area contributed by atoms with Gasteiger partial charge in [-0.05, 0) is 33.1 Å². The number of aromatic amines is 1. The third-order valence-corrected chi connectivity index (χ3v) is 4.55. The Bertz CT molecular complexity index is 748. The van der Waals surface area contributed by atoms with Crippen LogP contribution < -0.4 is 10.2 Å². The maximum Gasteiger partial charge on any atom is 0.311 e. The van der Waals surface area contributed by atoms with Crippen molar-refractivity contribution in [2.24, 2.45) is 5.41 Å². The normalized spacial score (nSPS) is 20.0. The SMILES string of the molecule is COc1c[nH]c(C(=O)N2CCCC(CC=C(C)C)(C(=O)O)C2)cc1=O. The fraction of sp³-hybridized carbons (Fsp3) is 0.500. The van der Waals surface area contributed by atoms with Crippen LogP contribution in [0.3, 0.4) is 0 Å². The second-order valence-corrected chi connectivity index (χ2v) is 6.68. The lowest BCUT2D eigenvalue weighted by atomic mass is 9.76. The van der Waals surface area contributed by atoms with Gasteiger partial charge >= 0.3 is 5.97 Å². The van der Waals surface area contributed by atoms with Crippen LogP contribution in [0.2, 0.25) is 0 Å². The predicted octanol–water partition coefficient (Wildman–Crippen LogP) is 2.05. The van der Waals surface area contributed by atoms with Crippen molar-refractivity contribution in [2.45, 2.75) is 33.1 Å². The largest absolute Gasteiger partial charge is 0.491 e. The summed E-state index contributed by atoms with van der Waals surface area (Å²) in [6, 6.07) is 1.19. The van der Waals surface area contributed by atoms with Crippen LogP contribution in [-0.2, 0) is 4.79 Å². The number of allylic oxidation sites excluding steroid dienone is 2. The number of piperidine rings is 1. The van der Waals surface area contributed by atoms with Gasteiger partial charge in [0.25, 0.3) is 5.91 Å². The zero-order valence-electron chi connectivity index (χ0n) is 14.8. The van der Waals surface area contributed by atoms with Crippen LogP contribution in [0.4, 0.5) is 0 Å². The van der Waals surface area contributed by atoms with E-state index in [1.54, 1.807) is 0 Å². The first kappa shape index (κ1) is 18.8. The Morgan fingerprint density at radius 1 is 1.44 bits per heavy atom. The van der Waals surface area contributed by atoms with Gasteiger partial charge in [0.05, 0.1) is 12.5 Å². The Labute approximate surface area is 146 Å². The lowest BCUT2D eigenvalue weighted by Gasteiger charge is -2.39. The van der Waals surface area contributed by atoms with Gasteiger partial charge in [-0.15, -0.1) is 0 Å². The number of aromatic nitrogens is 1. The van der Waals surface area contributed by atoms with Gasteiger partial charge in [0, 0.05) is 25.4 Å². The summed E-state index contributed by atoms with van der Waals surface area (Å²) < 4.78 is 4.89. The molecule has 2 heterocycles. The van der Waals surface area contributed by atoms with Crippen molar-refractivity contribution in [3.8, 4) is 5.75 Å². The highest BCUT2D eigenvalue weighted by Crippen LogP contribution is 2.35. The number of aliphatic carboxylic acids is 1. The van der Waals surface area contributed by atoms with Gasteiger partial charge in [0.15, 0.2) is 5.75 Å². The van der Waals surface area contributed by atoms with E-state index in [2.05, 4.69) is 4.98 Å². The molecule has 25 heavy (non-hydrogen) atoms. The topological polar surface area (TPSA) is 99.7 Å². The lowest BCUT2D eigenvalue weighted by Crippen LogP contribution is -2.50. The van der Waals surface area contributed by atoms with E-state index < -0.39 is 16.8 Å². The molecule has 0 bridgehead atoms. The summed E-state index contributed by atoms with van der Waals surface area (Å²) >= 11 is 0. The number of carboxylic acids is 1. The molecule has 1 saturated heterocycles. The Morgan fingerprint density at radius 2 is 2.16 bits per heavy atom. The van der Waals surface area contributed by atoms with Crippen LogP contribution in [0.25, 0.3) is 0 Å². The number of rotatable bonds is 5. The summed E-state index contributed by atoms with van der Waals surface area (Å²) in [5, 5.41) is 9.74. The highest BCUT2D eigenvalue weighted by atomic mass is 16.5. The van der Waals surface area contributed by atoms with E-state index in [-0.39, 0.29) is 23.9 Å². The van der Waals surface area contributed by atoms with Gasteiger partial charge in [0.1, 0.15) is 5.69 Å².